The summed E-state index contributed by atoms with van der Waals surface area (Å²) in [6, 6.07) is 16.8. The van der Waals surface area contributed by atoms with Crippen molar-refractivity contribution < 1.29 is 9.59 Å². The van der Waals surface area contributed by atoms with Crippen LogP contribution in [0.4, 0.5) is 5.69 Å². The molecule has 1 aliphatic rings. The third-order valence-corrected chi connectivity index (χ3v) is 4.52. The lowest BCUT2D eigenvalue weighted by Gasteiger charge is -2.15. The third-order valence-electron chi connectivity index (χ3n) is 4.26. The molecule has 2 aromatic rings. The Morgan fingerprint density at radius 2 is 1.62 bits per heavy atom. The van der Waals surface area contributed by atoms with E-state index < -0.39 is 5.41 Å². The normalized spacial score (nSPS) is 14.7. The molecule has 24 heavy (non-hydrogen) atoms. The Morgan fingerprint density at radius 3 is 2.25 bits per heavy atom. The minimum Gasteiger partial charge on any atom is -0.355 e. The zero-order chi connectivity index (χ0) is 17.0. The molecule has 0 heterocycles. The van der Waals surface area contributed by atoms with Crippen LogP contribution >= 0.6 is 11.6 Å². The fourth-order valence-corrected chi connectivity index (χ4v) is 2.73. The zero-order valence-electron chi connectivity index (χ0n) is 13.2. The van der Waals surface area contributed by atoms with Crippen LogP contribution in [0.3, 0.4) is 0 Å². The maximum Gasteiger partial charge on any atom is 0.240 e. The molecule has 0 atom stereocenters. The van der Waals surface area contributed by atoms with Gasteiger partial charge in [-0.2, -0.15) is 0 Å². The number of nitrogens with one attached hydrogen (secondary N) is 2. The van der Waals surface area contributed by atoms with Gasteiger partial charge in [-0.1, -0.05) is 41.9 Å². The van der Waals surface area contributed by atoms with Crippen LogP contribution in [0, 0.1) is 5.41 Å². The highest BCUT2D eigenvalue weighted by Crippen LogP contribution is 2.46. The van der Waals surface area contributed by atoms with Gasteiger partial charge < -0.3 is 10.6 Å². The molecule has 0 bridgehead atoms. The first kappa shape index (κ1) is 16.5. The SMILES string of the molecule is O=C(NCCc1ccccc1)C1(C(=O)Nc2ccc(Cl)cc2)CC1. The van der Waals surface area contributed by atoms with E-state index in [9.17, 15) is 9.59 Å². The van der Waals surface area contributed by atoms with Crippen LogP contribution in [-0.2, 0) is 16.0 Å². The summed E-state index contributed by atoms with van der Waals surface area (Å²) in [5, 5.41) is 6.30. The van der Waals surface area contributed by atoms with Crippen LogP contribution < -0.4 is 10.6 Å². The van der Waals surface area contributed by atoms with E-state index in [0.717, 1.165) is 12.0 Å². The summed E-state index contributed by atoms with van der Waals surface area (Å²) in [6.45, 7) is 0.527. The van der Waals surface area contributed by atoms with Gasteiger partial charge >= 0.3 is 0 Å². The van der Waals surface area contributed by atoms with E-state index in [1.807, 2.05) is 30.3 Å². The van der Waals surface area contributed by atoms with E-state index in [4.69, 9.17) is 11.6 Å². The topological polar surface area (TPSA) is 58.2 Å². The zero-order valence-corrected chi connectivity index (χ0v) is 14.0. The number of halogens is 1. The van der Waals surface area contributed by atoms with Crippen LogP contribution in [0.5, 0.6) is 0 Å². The number of hydrogen-bond acceptors (Lipinski definition) is 2. The summed E-state index contributed by atoms with van der Waals surface area (Å²) in [4.78, 5) is 24.9. The van der Waals surface area contributed by atoms with Crippen molar-refractivity contribution in [2.45, 2.75) is 19.3 Å². The lowest BCUT2D eigenvalue weighted by atomic mass is 10.0. The number of amides is 2. The van der Waals surface area contributed by atoms with Gasteiger partial charge in [-0.15, -0.1) is 0 Å². The van der Waals surface area contributed by atoms with Crippen molar-refractivity contribution >= 4 is 29.1 Å². The number of carbonyl (C=O) groups excluding carboxylic acids is 2. The lowest BCUT2D eigenvalue weighted by molar-refractivity contribution is -0.134. The van der Waals surface area contributed by atoms with Crippen molar-refractivity contribution in [2.24, 2.45) is 5.41 Å². The fourth-order valence-electron chi connectivity index (χ4n) is 2.60. The summed E-state index contributed by atoms with van der Waals surface area (Å²) in [6.07, 6.45) is 1.93. The minimum absolute atomic E-state index is 0.190. The summed E-state index contributed by atoms with van der Waals surface area (Å²) >= 11 is 5.83. The van der Waals surface area contributed by atoms with Crippen molar-refractivity contribution in [1.29, 1.82) is 0 Å². The molecule has 124 valence electrons. The van der Waals surface area contributed by atoms with Crippen molar-refractivity contribution in [3.05, 3.63) is 65.2 Å². The minimum atomic E-state index is -0.920. The van der Waals surface area contributed by atoms with Crippen LogP contribution in [0.15, 0.2) is 54.6 Å². The predicted molar refractivity (Wildman–Crippen MR) is 94.9 cm³/mol. The van der Waals surface area contributed by atoms with Gasteiger partial charge in [-0.25, -0.2) is 0 Å². The summed E-state index contributed by atoms with van der Waals surface area (Å²) in [5.74, 6) is -0.438. The van der Waals surface area contributed by atoms with E-state index in [-0.39, 0.29) is 11.8 Å². The molecule has 2 amide bonds. The Hall–Kier alpha value is -2.33. The molecule has 0 radical (unpaired) electrons. The number of rotatable bonds is 6. The second-order valence-electron chi connectivity index (χ2n) is 6.03. The lowest BCUT2D eigenvalue weighted by Crippen LogP contribution is -2.40. The molecular weight excluding hydrogens is 324 g/mol. The van der Waals surface area contributed by atoms with E-state index in [0.29, 0.717) is 30.1 Å². The van der Waals surface area contributed by atoms with Crippen LogP contribution in [0.2, 0.25) is 5.02 Å². The maximum atomic E-state index is 12.5. The summed E-state index contributed by atoms with van der Waals surface area (Å²) in [7, 11) is 0. The molecule has 0 aliphatic heterocycles. The molecule has 5 heteroatoms. The number of benzene rings is 2. The summed E-state index contributed by atoms with van der Waals surface area (Å²) < 4.78 is 0. The highest BCUT2D eigenvalue weighted by molar-refractivity contribution is 6.30. The quantitative estimate of drug-likeness (QED) is 0.790. The van der Waals surface area contributed by atoms with E-state index in [1.54, 1.807) is 24.3 Å². The molecule has 2 N–H and O–H groups in total. The van der Waals surface area contributed by atoms with Crippen molar-refractivity contribution in [3.8, 4) is 0 Å². The highest BCUT2D eigenvalue weighted by Gasteiger charge is 2.56. The Morgan fingerprint density at radius 1 is 0.958 bits per heavy atom. The standard InChI is InChI=1S/C19H19ClN2O2/c20-15-6-8-16(9-7-15)22-18(24)19(11-12-19)17(23)21-13-10-14-4-2-1-3-5-14/h1-9H,10-13H2,(H,21,23)(H,22,24). The molecule has 1 saturated carbocycles. The number of carbonyl (C=O) groups is 2. The molecule has 0 spiro atoms. The maximum absolute atomic E-state index is 12.5. The molecule has 3 rings (SSSR count). The molecule has 2 aromatic carbocycles. The van der Waals surface area contributed by atoms with Gasteiger partial charge in [0, 0.05) is 17.3 Å². The van der Waals surface area contributed by atoms with Crippen LogP contribution in [0.25, 0.3) is 0 Å². The fraction of sp³-hybridized carbons (Fsp3) is 0.263. The summed E-state index contributed by atoms with van der Waals surface area (Å²) in [5.41, 5.74) is 0.886. The Labute approximate surface area is 146 Å². The first-order chi connectivity index (χ1) is 11.6. The average molecular weight is 343 g/mol. The van der Waals surface area contributed by atoms with Crippen LogP contribution in [-0.4, -0.2) is 18.4 Å². The second-order valence-corrected chi connectivity index (χ2v) is 6.47. The van der Waals surface area contributed by atoms with Gasteiger partial charge in [0.1, 0.15) is 5.41 Å². The molecule has 0 unspecified atom stereocenters. The highest BCUT2D eigenvalue weighted by atomic mass is 35.5. The van der Waals surface area contributed by atoms with Gasteiger partial charge in [0.25, 0.3) is 0 Å². The molecular formula is C19H19ClN2O2. The van der Waals surface area contributed by atoms with Gasteiger partial charge in [-0.05, 0) is 49.1 Å². The molecule has 1 aliphatic carbocycles. The predicted octanol–water partition coefficient (Wildman–Crippen LogP) is 3.42. The van der Waals surface area contributed by atoms with Gasteiger partial charge in [-0.3, -0.25) is 9.59 Å². The van der Waals surface area contributed by atoms with Gasteiger partial charge in [0.2, 0.25) is 11.8 Å². The molecule has 0 aromatic heterocycles. The van der Waals surface area contributed by atoms with Gasteiger partial charge in [0.05, 0.1) is 0 Å². The van der Waals surface area contributed by atoms with E-state index in [2.05, 4.69) is 10.6 Å². The first-order valence-electron chi connectivity index (χ1n) is 7.99. The van der Waals surface area contributed by atoms with Gasteiger partial charge in [0.15, 0.2) is 0 Å². The molecule has 4 nitrogen and oxygen atoms in total. The van der Waals surface area contributed by atoms with Crippen LogP contribution in [0.1, 0.15) is 18.4 Å². The third kappa shape index (κ3) is 3.77. The molecule has 1 fully saturated rings. The molecule has 0 saturated heterocycles. The number of anilines is 1. The largest absolute Gasteiger partial charge is 0.355 e. The Kier molecular flexibility index (Phi) is 4.86. The smallest absolute Gasteiger partial charge is 0.240 e. The van der Waals surface area contributed by atoms with Crippen molar-refractivity contribution in [2.75, 3.05) is 11.9 Å². The monoisotopic (exact) mass is 342 g/mol. The first-order valence-corrected chi connectivity index (χ1v) is 8.37. The van der Waals surface area contributed by atoms with Crippen molar-refractivity contribution in [3.63, 3.8) is 0 Å². The van der Waals surface area contributed by atoms with Crippen molar-refractivity contribution in [1.82, 2.24) is 5.32 Å². The average Bonchev–Trinajstić information content (AvgIpc) is 3.40. The number of hydrogen-bond donors (Lipinski definition) is 2. The second kappa shape index (κ2) is 7.05. The Bertz CT molecular complexity index is 725. The Balaban J connectivity index is 1.53. The van der Waals surface area contributed by atoms with E-state index in [1.165, 1.54) is 0 Å². The van der Waals surface area contributed by atoms with E-state index >= 15 is 0 Å².